The van der Waals surface area contributed by atoms with Crippen molar-refractivity contribution in [2.75, 3.05) is 5.32 Å². The number of hydrogen-bond donors (Lipinski definition) is 2. The molecule has 1 fully saturated rings. The normalized spacial score (nSPS) is 21.9. The molecule has 1 unspecified atom stereocenters. The molecule has 2 aliphatic carbocycles. The third-order valence-corrected chi connectivity index (χ3v) is 5.41. The van der Waals surface area contributed by atoms with E-state index < -0.39 is 0 Å². The molecule has 1 saturated heterocycles. The highest BCUT2D eigenvalue weighted by Crippen LogP contribution is 2.49. The summed E-state index contributed by atoms with van der Waals surface area (Å²) in [5.74, 6) is -0.596. The summed E-state index contributed by atoms with van der Waals surface area (Å²) in [6, 6.07) is 16.0. The quantitative estimate of drug-likeness (QED) is 0.706. The topological polar surface area (TPSA) is 58.2 Å². The first-order valence-electron chi connectivity index (χ1n) is 8.26. The Balaban J connectivity index is 1.81. The SMILES string of the molecule is O=C1NC(=O)C2=C3c4ccccc4NC3C3=c4ccccc4=CC3=C12. The van der Waals surface area contributed by atoms with Gasteiger partial charge in [-0.1, -0.05) is 42.5 Å². The smallest absolute Gasteiger partial charge is 0.259 e. The van der Waals surface area contributed by atoms with Crippen LogP contribution >= 0.6 is 0 Å². The minimum Gasteiger partial charge on any atom is -0.374 e. The summed E-state index contributed by atoms with van der Waals surface area (Å²) in [4.78, 5) is 25.1. The van der Waals surface area contributed by atoms with Crippen LogP contribution in [-0.2, 0) is 9.59 Å². The third kappa shape index (κ3) is 1.43. The van der Waals surface area contributed by atoms with Crippen molar-refractivity contribution < 1.29 is 9.59 Å². The van der Waals surface area contributed by atoms with E-state index in [9.17, 15) is 9.59 Å². The van der Waals surface area contributed by atoms with E-state index >= 15 is 0 Å². The fourth-order valence-electron chi connectivity index (χ4n) is 4.46. The number of para-hydroxylation sites is 1. The van der Waals surface area contributed by atoms with E-state index in [0.29, 0.717) is 11.1 Å². The highest BCUT2D eigenvalue weighted by Gasteiger charge is 2.46. The van der Waals surface area contributed by atoms with Crippen molar-refractivity contribution in [2.45, 2.75) is 6.04 Å². The largest absolute Gasteiger partial charge is 0.374 e. The molecule has 0 bridgehead atoms. The van der Waals surface area contributed by atoms with Gasteiger partial charge in [-0.3, -0.25) is 14.9 Å². The molecular formula is C21H12N2O2. The van der Waals surface area contributed by atoms with Crippen LogP contribution in [-0.4, -0.2) is 17.9 Å². The molecular weight excluding hydrogens is 312 g/mol. The first-order valence-corrected chi connectivity index (χ1v) is 8.26. The predicted molar refractivity (Wildman–Crippen MR) is 94.5 cm³/mol. The van der Waals surface area contributed by atoms with Crippen LogP contribution in [0.4, 0.5) is 5.69 Å². The molecule has 2 aromatic carbocycles. The van der Waals surface area contributed by atoms with Gasteiger partial charge in [-0.15, -0.1) is 0 Å². The summed E-state index contributed by atoms with van der Waals surface area (Å²) < 4.78 is 0. The predicted octanol–water partition coefficient (Wildman–Crippen LogP) is 0.846. The molecule has 118 valence electrons. The molecule has 2 aliphatic heterocycles. The second-order valence-electron chi connectivity index (χ2n) is 6.63. The van der Waals surface area contributed by atoms with Gasteiger partial charge < -0.3 is 5.32 Å². The van der Waals surface area contributed by atoms with Gasteiger partial charge in [0.1, 0.15) is 0 Å². The maximum absolute atomic E-state index is 12.6. The van der Waals surface area contributed by atoms with Gasteiger partial charge >= 0.3 is 0 Å². The highest BCUT2D eigenvalue weighted by atomic mass is 16.2. The van der Waals surface area contributed by atoms with Crippen LogP contribution in [0.1, 0.15) is 5.56 Å². The molecule has 4 nitrogen and oxygen atoms in total. The Morgan fingerprint density at radius 3 is 2.48 bits per heavy atom. The first-order chi connectivity index (χ1) is 12.2. The van der Waals surface area contributed by atoms with Crippen molar-refractivity contribution in [2.24, 2.45) is 0 Å². The van der Waals surface area contributed by atoms with Crippen molar-refractivity contribution >= 4 is 34.7 Å². The van der Waals surface area contributed by atoms with E-state index in [0.717, 1.165) is 38.4 Å². The maximum Gasteiger partial charge on any atom is 0.259 e. The zero-order valence-corrected chi connectivity index (χ0v) is 13.1. The lowest BCUT2D eigenvalue weighted by atomic mass is 9.79. The Kier molecular flexibility index (Phi) is 2.16. The summed E-state index contributed by atoms with van der Waals surface area (Å²) in [5, 5.41) is 8.26. The fourth-order valence-corrected chi connectivity index (χ4v) is 4.46. The molecule has 4 heteroatoms. The summed E-state index contributed by atoms with van der Waals surface area (Å²) in [6.07, 6.45) is 2.03. The van der Waals surface area contributed by atoms with Crippen molar-refractivity contribution in [3.8, 4) is 0 Å². The van der Waals surface area contributed by atoms with Gasteiger partial charge in [0.2, 0.25) is 0 Å². The Morgan fingerprint density at radius 1 is 0.800 bits per heavy atom. The number of carbonyl (C=O) groups excluding carboxylic acids is 2. The molecule has 4 aliphatic rings. The molecule has 2 amide bonds. The number of amides is 2. The molecule has 1 atom stereocenters. The van der Waals surface area contributed by atoms with Crippen molar-refractivity contribution in [3.63, 3.8) is 0 Å². The zero-order chi connectivity index (χ0) is 16.7. The number of fused-ring (bicyclic) bond motifs is 7. The maximum atomic E-state index is 12.6. The second-order valence-corrected chi connectivity index (χ2v) is 6.63. The van der Waals surface area contributed by atoms with E-state index in [-0.39, 0.29) is 17.9 Å². The van der Waals surface area contributed by atoms with E-state index in [1.54, 1.807) is 0 Å². The summed E-state index contributed by atoms with van der Waals surface area (Å²) in [5.41, 5.74) is 5.91. The van der Waals surface area contributed by atoms with Gasteiger partial charge in [0, 0.05) is 16.8 Å². The summed E-state index contributed by atoms with van der Waals surface area (Å²) >= 11 is 0. The second kappa shape index (κ2) is 4.16. The number of nitrogens with one attached hydrogen (secondary N) is 2. The molecule has 2 aromatic rings. The lowest BCUT2D eigenvalue weighted by Crippen LogP contribution is -2.30. The summed E-state index contributed by atoms with van der Waals surface area (Å²) in [6.45, 7) is 0. The van der Waals surface area contributed by atoms with Crippen molar-refractivity contribution in [3.05, 3.63) is 81.3 Å². The Labute approximate surface area is 142 Å². The molecule has 25 heavy (non-hydrogen) atoms. The van der Waals surface area contributed by atoms with Crippen LogP contribution in [0.15, 0.2) is 65.3 Å². The zero-order valence-electron chi connectivity index (χ0n) is 13.1. The Hall–Kier alpha value is -3.40. The van der Waals surface area contributed by atoms with Crippen LogP contribution in [0.25, 0.3) is 17.2 Å². The van der Waals surface area contributed by atoms with Gasteiger partial charge in [0.05, 0.1) is 17.2 Å². The average Bonchev–Trinajstić information content (AvgIpc) is 3.26. The van der Waals surface area contributed by atoms with Crippen LogP contribution in [0.3, 0.4) is 0 Å². The average molecular weight is 324 g/mol. The van der Waals surface area contributed by atoms with E-state index in [1.807, 2.05) is 48.5 Å². The van der Waals surface area contributed by atoms with Gasteiger partial charge in [-0.25, -0.2) is 0 Å². The van der Waals surface area contributed by atoms with Crippen LogP contribution in [0.2, 0.25) is 0 Å². The van der Waals surface area contributed by atoms with Crippen molar-refractivity contribution in [1.82, 2.24) is 5.32 Å². The van der Waals surface area contributed by atoms with E-state index in [1.165, 1.54) is 0 Å². The monoisotopic (exact) mass is 324 g/mol. The van der Waals surface area contributed by atoms with E-state index in [2.05, 4.69) is 16.7 Å². The summed E-state index contributed by atoms with van der Waals surface area (Å²) in [7, 11) is 0. The number of imide groups is 1. The fraction of sp³-hybridized carbons (Fsp3) is 0.0476. The molecule has 0 radical (unpaired) electrons. The minimum atomic E-state index is -0.299. The number of rotatable bonds is 0. The van der Waals surface area contributed by atoms with Gasteiger partial charge in [-0.05, 0) is 33.7 Å². The van der Waals surface area contributed by atoms with Gasteiger partial charge in [0.15, 0.2) is 0 Å². The molecule has 2 N–H and O–H groups in total. The lowest BCUT2D eigenvalue weighted by Gasteiger charge is -2.24. The Bertz CT molecular complexity index is 1230. The standard InChI is InChI=1S/C21H12N2O2/c24-20-17-13-9-10-5-1-2-6-11(10)15(13)19-16(18(17)21(25)23-20)12-7-3-4-8-14(12)22-19/h1-9,19,22H,(H,23,24,25). The lowest BCUT2D eigenvalue weighted by molar-refractivity contribution is -0.123. The van der Waals surface area contributed by atoms with Crippen LogP contribution in [0.5, 0.6) is 0 Å². The number of carbonyl (C=O) groups is 2. The van der Waals surface area contributed by atoms with Gasteiger partial charge in [-0.2, -0.15) is 0 Å². The van der Waals surface area contributed by atoms with Crippen LogP contribution in [0, 0.1) is 0 Å². The minimum absolute atomic E-state index is 0.109. The van der Waals surface area contributed by atoms with Crippen molar-refractivity contribution in [1.29, 1.82) is 0 Å². The molecule has 0 saturated carbocycles. The molecule has 0 aromatic heterocycles. The molecule has 2 heterocycles. The molecule has 0 spiro atoms. The number of anilines is 1. The number of hydrogen-bond acceptors (Lipinski definition) is 3. The van der Waals surface area contributed by atoms with Gasteiger partial charge in [0.25, 0.3) is 11.8 Å². The third-order valence-electron chi connectivity index (χ3n) is 5.41. The van der Waals surface area contributed by atoms with E-state index in [4.69, 9.17) is 0 Å². The molecule has 6 rings (SSSR count). The first kappa shape index (κ1) is 13.0. The Morgan fingerprint density at radius 2 is 1.56 bits per heavy atom. The van der Waals surface area contributed by atoms with Crippen LogP contribution < -0.4 is 21.1 Å². The number of benzene rings is 2. The highest BCUT2D eigenvalue weighted by molar-refractivity contribution is 6.32.